The van der Waals surface area contributed by atoms with Gasteiger partial charge >= 0.3 is 0 Å². The van der Waals surface area contributed by atoms with E-state index in [1.807, 2.05) is 71.4 Å². The van der Waals surface area contributed by atoms with Crippen LogP contribution in [0.2, 0.25) is 0 Å². The van der Waals surface area contributed by atoms with Gasteiger partial charge < -0.3 is 0 Å². The molecular weight excluding hydrogens is 370 g/mol. The maximum Gasteiger partial charge on any atom is 0.257 e. The molecule has 2 aromatic heterocycles. The number of amides is 1. The van der Waals surface area contributed by atoms with Gasteiger partial charge in [0, 0.05) is 28.6 Å². The predicted octanol–water partition coefficient (Wildman–Crippen LogP) is 4.94. The summed E-state index contributed by atoms with van der Waals surface area (Å²) in [5.74, 6) is 2.25. The lowest BCUT2D eigenvalue weighted by atomic mass is 10.1. The van der Waals surface area contributed by atoms with Crippen LogP contribution in [0.15, 0.2) is 54.0 Å². The zero-order valence-corrected chi connectivity index (χ0v) is 15.7. The average molecular weight is 386 g/mol. The first-order valence-corrected chi connectivity index (χ1v) is 10.8. The second-order valence-electron chi connectivity index (χ2n) is 5.40. The third kappa shape index (κ3) is 3.89. The maximum absolute atomic E-state index is 12.4. The zero-order chi connectivity index (χ0) is 17.1. The number of hydrogen-bond acceptors (Lipinski definition) is 6. The van der Waals surface area contributed by atoms with Crippen LogP contribution in [0.25, 0.3) is 11.4 Å². The topological polar surface area (TPSA) is 54.9 Å². The minimum Gasteiger partial charge on any atom is -0.298 e. The summed E-state index contributed by atoms with van der Waals surface area (Å²) < 4.78 is 0.497. The highest BCUT2D eigenvalue weighted by Gasteiger charge is 2.18. The molecule has 0 spiro atoms. The first-order chi connectivity index (χ1) is 12.3. The van der Waals surface area contributed by atoms with Crippen LogP contribution >= 0.6 is 34.9 Å². The molecule has 7 heteroatoms. The number of benzene rings is 1. The molecule has 126 valence electrons. The van der Waals surface area contributed by atoms with Crippen molar-refractivity contribution < 1.29 is 4.79 Å². The van der Waals surface area contributed by atoms with Gasteiger partial charge in [0.25, 0.3) is 5.91 Å². The summed E-state index contributed by atoms with van der Waals surface area (Å²) in [5, 5.41) is 5.35. The standard InChI is InChI=1S/C18H15N3OS3/c22-16(12-4-6-13(7-5-12)17-23-9-10-24-17)21-18-20-15(11-25-18)14-3-1-2-8-19-14/h1-8,11,17H,9-10H2,(H,20,21,22). The van der Waals surface area contributed by atoms with Gasteiger partial charge in [-0.25, -0.2) is 4.98 Å². The van der Waals surface area contributed by atoms with Crippen LogP contribution in [-0.4, -0.2) is 27.4 Å². The molecule has 25 heavy (non-hydrogen) atoms. The van der Waals surface area contributed by atoms with Crippen molar-refractivity contribution >= 4 is 45.9 Å². The van der Waals surface area contributed by atoms with Crippen molar-refractivity contribution in [2.45, 2.75) is 4.58 Å². The fraction of sp³-hybridized carbons (Fsp3) is 0.167. The number of carbonyl (C=O) groups is 1. The van der Waals surface area contributed by atoms with Gasteiger partial charge in [0.15, 0.2) is 5.13 Å². The largest absolute Gasteiger partial charge is 0.298 e. The van der Waals surface area contributed by atoms with E-state index in [2.05, 4.69) is 15.3 Å². The number of rotatable bonds is 4. The lowest BCUT2D eigenvalue weighted by Crippen LogP contribution is -2.11. The van der Waals surface area contributed by atoms with Crippen LogP contribution < -0.4 is 5.32 Å². The summed E-state index contributed by atoms with van der Waals surface area (Å²) in [6, 6.07) is 13.6. The molecule has 4 nitrogen and oxygen atoms in total. The fourth-order valence-electron chi connectivity index (χ4n) is 2.47. The van der Waals surface area contributed by atoms with E-state index in [0.717, 1.165) is 11.4 Å². The number of carbonyl (C=O) groups excluding carboxylic acids is 1. The van der Waals surface area contributed by atoms with Gasteiger partial charge in [-0.2, -0.15) is 0 Å². The molecule has 1 aliphatic rings. The molecule has 0 bridgehead atoms. The highest BCUT2D eigenvalue weighted by molar-refractivity contribution is 8.19. The highest BCUT2D eigenvalue weighted by atomic mass is 32.2. The quantitative estimate of drug-likeness (QED) is 0.690. The van der Waals surface area contributed by atoms with E-state index in [9.17, 15) is 4.79 Å². The Morgan fingerprint density at radius 3 is 2.56 bits per heavy atom. The number of pyridine rings is 1. The number of thiazole rings is 1. The minimum atomic E-state index is -0.139. The number of hydrogen-bond donors (Lipinski definition) is 1. The molecule has 1 fully saturated rings. The van der Waals surface area contributed by atoms with Gasteiger partial charge in [-0.3, -0.25) is 15.1 Å². The van der Waals surface area contributed by atoms with Crippen molar-refractivity contribution in [2.24, 2.45) is 0 Å². The molecule has 1 amide bonds. The lowest BCUT2D eigenvalue weighted by molar-refractivity contribution is 0.102. The molecule has 3 aromatic rings. The van der Waals surface area contributed by atoms with E-state index in [1.54, 1.807) is 6.20 Å². The van der Waals surface area contributed by atoms with Crippen LogP contribution in [0, 0.1) is 0 Å². The molecule has 4 rings (SSSR count). The van der Waals surface area contributed by atoms with Crippen molar-refractivity contribution in [3.8, 4) is 11.4 Å². The smallest absolute Gasteiger partial charge is 0.257 e. The molecule has 0 atom stereocenters. The molecule has 0 unspecified atom stereocenters. The second-order valence-corrected chi connectivity index (χ2v) is 8.98. The van der Waals surface area contributed by atoms with Crippen LogP contribution in [0.5, 0.6) is 0 Å². The van der Waals surface area contributed by atoms with E-state index in [4.69, 9.17) is 0 Å². The monoisotopic (exact) mass is 385 g/mol. The first kappa shape index (κ1) is 16.6. The summed E-state index contributed by atoms with van der Waals surface area (Å²) in [4.78, 5) is 21.1. The third-order valence-electron chi connectivity index (χ3n) is 3.72. The third-order valence-corrected chi connectivity index (χ3v) is 7.58. The van der Waals surface area contributed by atoms with E-state index < -0.39 is 0 Å². The molecule has 1 aromatic carbocycles. The Morgan fingerprint density at radius 2 is 1.84 bits per heavy atom. The Labute approximate surface area is 158 Å². The summed E-state index contributed by atoms with van der Waals surface area (Å²) in [6.45, 7) is 0. The number of nitrogens with zero attached hydrogens (tertiary/aromatic N) is 2. The summed E-state index contributed by atoms with van der Waals surface area (Å²) in [7, 11) is 0. The van der Waals surface area contributed by atoms with E-state index in [1.165, 1.54) is 28.4 Å². The minimum absolute atomic E-state index is 0.139. The van der Waals surface area contributed by atoms with Gasteiger partial charge in [0.05, 0.1) is 10.3 Å². The number of thioether (sulfide) groups is 2. The van der Waals surface area contributed by atoms with Crippen molar-refractivity contribution in [1.82, 2.24) is 9.97 Å². The number of aromatic nitrogens is 2. The van der Waals surface area contributed by atoms with Crippen LogP contribution in [0.1, 0.15) is 20.5 Å². The van der Waals surface area contributed by atoms with Crippen LogP contribution in [-0.2, 0) is 0 Å². The van der Waals surface area contributed by atoms with Crippen molar-refractivity contribution in [3.05, 3.63) is 65.2 Å². The maximum atomic E-state index is 12.4. The van der Waals surface area contributed by atoms with E-state index >= 15 is 0 Å². The van der Waals surface area contributed by atoms with Gasteiger partial charge in [0.2, 0.25) is 0 Å². The Bertz CT molecular complexity index is 859. The molecule has 0 saturated carbocycles. The summed E-state index contributed by atoms with van der Waals surface area (Å²) in [5.41, 5.74) is 3.49. The van der Waals surface area contributed by atoms with Gasteiger partial charge in [0.1, 0.15) is 5.69 Å². The normalized spacial score (nSPS) is 14.6. The molecule has 1 saturated heterocycles. The van der Waals surface area contributed by atoms with E-state index in [-0.39, 0.29) is 5.91 Å². The van der Waals surface area contributed by atoms with Gasteiger partial charge in [-0.15, -0.1) is 34.9 Å². The molecule has 0 radical (unpaired) electrons. The van der Waals surface area contributed by atoms with Gasteiger partial charge in [-0.1, -0.05) is 18.2 Å². The van der Waals surface area contributed by atoms with Gasteiger partial charge in [-0.05, 0) is 29.8 Å². The summed E-state index contributed by atoms with van der Waals surface area (Å²) in [6.07, 6.45) is 1.73. The lowest BCUT2D eigenvalue weighted by Gasteiger charge is -2.09. The Morgan fingerprint density at radius 1 is 1.04 bits per heavy atom. The fourth-order valence-corrected chi connectivity index (χ4v) is 6.03. The number of anilines is 1. The Balaban J connectivity index is 1.44. The van der Waals surface area contributed by atoms with Crippen LogP contribution in [0.3, 0.4) is 0 Å². The van der Waals surface area contributed by atoms with Crippen molar-refractivity contribution in [2.75, 3.05) is 16.8 Å². The average Bonchev–Trinajstić information content (AvgIpc) is 3.35. The Hall–Kier alpha value is -1.83. The van der Waals surface area contributed by atoms with E-state index in [0.29, 0.717) is 15.3 Å². The Kier molecular flexibility index (Phi) is 5.05. The molecular formula is C18H15N3OS3. The molecule has 1 N–H and O–H groups in total. The number of nitrogens with one attached hydrogen (secondary N) is 1. The predicted molar refractivity (Wildman–Crippen MR) is 107 cm³/mol. The molecule has 1 aliphatic heterocycles. The first-order valence-electron chi connectivity index (χ1n) is 7.81. The SMILES string of the molecule is O=C(Nc1nc(-c2ccccn2)cs1)c1ccc(C2SCCS2)cc1. The second kappa shape index (κ2) is 7.59. The molecule has 0 aliphatic carbocycles. The van der Waals surface area contributed by atoms with Crippen molar-refractivity contribution in [1.29, 1.82) is 0 Å². The van der Waals surface area contributed by atoms with Crippen molar-refractivity contribution in [3.63, 3.8) is 0 Å². The highest BCUT2D eigenvalue weighted by Crippen LogP contribution is 2.45. The molecule has 3 heterocycles. The zero-order valence-electron chi connectivity index (χ0n) is 13.2. The summed E-state index contributed by atoms with van der Waals surface area (Å²) >= 11 is 5.32. The van der Waals surface area contributed by atoms with Crippen LogP contribution in [0.4, 0.5) is 5.13 Å².